The molecule has 7 nitrogen and oxygen atoms in total. The van der Waals surface area contributed by atoms with E-state index in [1.165, 1.54) is 32.8 Å². The van der Waals surface area contributed by atoms with E-state index >= 15 is 0 Å². The van der Waals surface area contributed by atoms with Crippen LogP contribution in [-0.4, -0.2) is 51.8 Å². The van der Waals surface area contributed by atoms with Gasteiger partial charge in [0.15, 0.2) is 0 Å². The van der Waals surface area contributed by atoms with Crippen LogP contribution >= 0.6 is 11.6 Å². The molecular formula is C26H32ClFN6O. The Morgan fingerprint density at radius 2 is 1.97 bits per heavy atom. The Labute approximate surface area is 210 Å². The fraction of sp³-hybridized carbons (Fsp3) is 0.538. The Balaban J connectivity index is 1.72. The number of nitrogens with one attached hydrogen (secondary N) is 1. The van der Waals surface area contributed by atoms with Gasteiger partial charge in [-0.1, -0.05) is 31.4 Å². The Morgan fingerprint density at radius 3 is 2.69 bits per heavy atom. The zero-order valence-electron chi connectivity index (χ0n) is 20.3. The number of pyridine rings is 2. The summed E-state index contributed by atoms with van der Waals surface area (Å²) in [5.74, 6) is 2.04. The molecule has 0 radical (unpaired) electrons. The van der Waals surface area contributed by atoms with Gasteiger partial charge in [0, 0.05) is 31.0 Å². The van der Waals surface area contributed by atoms with Crippen LogP contribution in [0, 0.1) is 17.2 Å². The van der Waals surface area contributed by atoms with E-state index in [2.05, 4.69) is 21.4 Å². The molecule has 3 aromatic rings. The molecule has 0 aromatic carbocycles. The highest BCUT2D eigenvalue weighted by Crippen LogP contribution is 2.37. The Hall–Kier alpha value is -2.74. The van der Waals surface area contributed by atoms with Crippen molar-refractivity contribution in [2.24, 2.45) is 11.8 Å². The van der Waals surface area contributed by atoms with Crippen molar-refractivity contribution >= 4 is 34.5 Å². The highest BCUT2D eigenvalue weighted by molar-refractivity contribution is 6.30. The van der Waals surface area contributed by atoms with Crippen LogP contribution in [-0.2, 0) is 11.3 Å². The first-order chi connectivity index (χ1) is 17.0. The second-order valence-corrected chi connectivity index (χ2v) is 10.4. The van der Waals surface area contributed by atoms with Gasteiger partial charge in [0.1, 0.15) is 12.4 Å². The maximum Gasteiger partial charge on any atom is 0.232 e. The molecular weight excluding hydrogens is 467 g/mol. The quantitative estimate of drug-likeness (QED) is 0.339. The second kappa shape index (κ2) is 10.1. The number of nitrogens with zero attached hydrogens (tertiary/aromatic N) is 5. The first kappa shape index (κ1) is 24.0. The van der Waals surface area contributed by atoms with Crippen molar-refractivity contribution in [2.75, 3.05) is 25.2 Å². The second-order valence-electron chi connectivity index (χ2n) is 9.94. The van der Waals surface area contributed by atoms with Crippen molar-refractivity contribution in [1.82, 2.24) is 19.5 Å². The number of anilines is 1. The lowest BCUT2D eigenvalue weighted by molar-refractivity contribution is 0.266. The molecule has 3 aromatic heterocycles. The van der Waals surface area contributed by atoms with E-state index in [1.54, 1.807) is 18.5 Å². The van der Waals surface area contributed by atoms with Gasteiger partial charge in [-0.3, -0.25) is 10.4 Å². The van der Waals surface area contributed by atoms with Crippen LogP contribution in [0.1, 0.15) is 51.1 Å². The van der Waals surface area contributed by atoms with E-state index in [1.807, 2.05) is 6.07 Å². The molecule has 1 saturated heterocycles. The smallest absolute Gasteiger partial charge is 0.232 e. The van der Waals surface area contributed by atoms with Gasteiger partial charge in [0.25, 0.3) is 0 Å². The minimum atomic E-state index is -0.396. The number of hydrogen-bond donors (Lipinski definition) is 1. The van der Waals surface area contributed by atoms with Crippen LogP contribution in [0.15, 0.2) is 24.5 Å². The summed E-state index contributed by atoms with van der Waals surface area (Å²) in [7, 11) is 1.46. The third-order valence-corrected chi connectivity index (χ3v) is 7.71. The minimum absolute atomic E-state index is 0.0386. The monoisotopic (exact) mass is 498 g/mol. The molecule has 4 heterocycles. The number of aromatic nitrogens is 4. The molecule has 1 atom stereocenters. The summed E-state index contributed by atoms with van der Waals surface area (Å²) in [5.41, 5.74) is 3.39. The number of ether oxygens (including phenoxy) is 1. The van der Waals surface area contributed by atoms with E-state index < -0.39 is 6.67 Å². The van der Waals surface area contributed by atoms with Crippen molar-refractivity contribution in [2.45, 2.75) is 58.0 Å². The standard InChI is InChI=1S/C26H32ClFN6O/c1-16-5-7-17(8-6-16)15-34-24-21(32-26(34)33-9-3-4-20(33)12-28)11-22(25(29)35-2)31-23(24)18-10-19(27)14-30-13-18/h10-11,13-14,16-17,20,29H,3-9,12,15H2,1-2H3/t16-,17-,20-/m0/s1. The summed E-state index contributed by atoms with van der Waals surface area (Å²) in [6.07, 6.45) is 9.87. The third-order valence-electron chi connectivity index (χ3n) is 7.51. The third kappa shape index (κ3) is 4.73. The zero-order chi connectivity index (χ0) is 24.5. The maximum absolute atomic E-state index is 14.0. The lowest BCUT2D eigenvalue weighted by Crippen LogP contribution is -2.33. The van der Waals surface area contributed by atoms with Crippen LogP contribution in [0.3, 0.4) is 0 Å². The molecule has 35 heavy (non-hydrogen) atoms. The molecule has 0 spiro atoms. The molecule has 2 aliphatic rings. The van der Waals surface area contributed by atoms with E-state index in [0.29, 0.717) is 22.3 Å². The number of imidazole rings is 1. The molecule has 1 N–H and O–H groups in total. The van der Waals surface area contributed by atoms with Crippen LogP contribution < -0.4 is 4.90 Å². The first-order valence-electron chi connectivity index (χ1n) is 12.5. The van der Waals surface area contributed by atoms with Gasteiger partial charge in [-0.2, -0.15) is 0 Å². The van der Waals surface area contributed by atoms with Gasteiger partial charge in [-0.15, -0.1) is 0 Å². The topological polar surface area (TPSA) is 79.9 Å². The molecule has 5 rings (SSSR count). The fourth-order valence-corrected chi connectivity index (χ4v) is 5.70. The SMILES string of the molecule is COC(=N)c1cc2nc(N3CCC[C@H]3CF)n(C[C@H]3CC[C@H](C)CC3)c2c(-c2cncc(Cl)c2)n1. The average Bonchev–Trinajstić information content (AvgIpc) is 3.48. The van der Waals surface area contributed by atoms with E-state index in [9.17, 15) is 4.39 Å². The molecule has 0 bridgehead atoms. The molecule has 2 fully saturated rings. The van der Waals surface area contributed by atoms with Crippen molar-refractivity contribution in [1.29, 1.82) is 5.41 Å². The summed E-state index contributed by atoms with van der Waals surface area (Å²) < 4.78 is 21.4. The van der Waals surface area contributed by atoms with Crippen LogP contribution in [0.5, 0.6) is 0 Å². The van der Waals surface area contributed by atoms with Gasteiger partial charge < -0.3 is 14.2 Å². The lowest BCUT2D eigenvalue weighted by atomic mass is 9.83. The molecule has 1 aliphatic carbocycles. The number of methoxy groups -OCH3 is 1. The van der Waals surface area contributed by atoms with Crippen molar-refractivity contribution in [3.8, 4) is 11.3 Å². The fourth-order valence-electron chi connectivity index (χ4n) is 5.53. The van der Waals surface area contributed by atoms with Gasteiger partial charge in [0.05, 0.1) is 34.9 Å². The van der Waals surface area contributed by atoms with Gasteiger partial charge in [-0.05, 0) is 49.7 Å². The predicted octanol–water partition coefficient (Wildman–Crippen LogP) is 5.88. The largest absolute Gasteiger partial charge is 0.480 e. The highest BCUT2D eigenvalue weighted by Gasteiger charge is 2.31. The normalized spacial score (nSPS) is 22.6. The van der Waals surface area contributed by atoms with Gasteiger partial charge >= 0.3 is 0 Å². The summed E-state index contributed by atoms with van der Waals surface area (Å²) >= 11 is 6.30. The zero-order valence-corrected chi connectivity index (χ0v) is 21.1. The number of alkyl halides is 1. The number of fused-ring (bicyclic) bond motifs is 1. The Morgan fingerprint density at radius 1 is 1.17 bits per heavy atom. The Kier molecular flexibility index (Phi) is 6.91. The molecule has 9 heteroatoms. The van der Waals surface area contributed by atoms with Crippen molar-refractivity contribution < 1.29 is 9.13 Å². The summed E-state index contributed by atoms with van der Waals surface area (Å²) in [6.45, 7) is 3.51. The lowest BCUT2D eigenvalue weighted by Gasteiger charge is -2.29. The Bertz CT molecular complexity index is 1220. The van der Waals surface area contributed by atoms with Crippen LogP contribution in [0.4, 0.5) is 10.3 Å². The van der Waals surface area contributed by atoms with Crippen LogP contribution in [0.25, 0.3) is 22.3 Å². The van der Waals surface area contributed by atoms with E-state index in [0.717, 1.165) is 54.4 Å². The predicted molar refractivity (Wildman–Crippen MR) is 137 cm³/mol. The van der Waals surface area contributed by atoms with Gasteiger partial charge in [0.2, 0.25) is 11.8 Å². The minimum Gasteiger partial charge on any atom is -0.480 e. The summed E-state index contributed by atoms with van der Waals surface area (Å²) in [6, 6.07) is 3.46. The summed E-state index contributed by atoms with van der Waals surface area (Å²) in [4.78, 5) is 16.3. The molecule has 1 aliphatic heterocycles. The van der Waals surface area contributed by atoms with E-state index in [-0.39, 0.29) is 11.9 Å². The van der Waals surface area contributed by atoms with Crippen LogP contribution in [0.2, 0.25) is 5.02 Å². The molecule has 0 unspecified atom stereocenters. The number of rotatable bonds is 6. The number of hydrogen-bond acceptors (Lipinski definition) is 6. The molecule has 0 amide bonds. The summed E-state index contributed by atoms with van der Waals surface area (Å²) in [5, 5.41) is 8.76. The van der Waals surface area contributed by atoms with Crippen molar-refractivity contribution in [3.63, 3.8) is 0 Å². The van der Waals surface area contributed by atoms with E-state index in [4.69, 9.17) is 31.7 Å². The highest BCUT2D eigenvalue weighted by atomic mass is 35.5. The maximum atomic E-state index is 14.0. The molecule has 1 saturated carbocycles. The van der Waals surface area contributed by atoms with Crippen molar-refractivity contribution in [3.05, 3.63) is 35.2 Å². The van der Waals surface area contributed by atoms with Gasteiger partial charge in [-0.25, -0.2) is 14.4 Å². The number of halogens is 2. The molecule has 186 valence electrons. The average molecular weight is 499 g/mol. The first-order valence-corrected chi connectivity index (χ1v) is 12.8.